The highest BCUT2D eigenvalue weighted by Gasteiger charge is 2.57. The average Bonchev–Trinajstić information content (AvgIpc) is 2.84. The summed E-state index contributed by atoms with van der Waals surface area (Å²) < 4.78 is 11.0. The van der Waals surface area contributed by atoms with Crippen LogP contribution in [0.15, 0.2) is 11.1 Å². The summed E-state index contributed by atoms with van der Waals surface area (Å²) in [6.07, 6.45) is 0.0209. The fraction of sp³-hybridized carbons (Fsp3) is 0.824. The zero-order valence-electron chi connectivity index (χ0n) is 13.8. The van der Waals surface area contributed by atoms with Gasteiger partial charge >= 0.3 is 5.97 Å². The lowest BCUT2D eigenvalue weighted by molar-refractivity contribution is -0.155. The molecule has 22 heavy (non-hydrogen) atoms. The molecule has 1 heterocycles. The number of ether oxygens (including phenoxy) is 2. The molecule has 0 aromatic heterocycles. The molecule has 124 valence electrons. The van der Waals surface area contributed by atoms with Crippen molar-refractivity contribution in [1.29, 1.82) is 0 Å². The van der Waals surface area contributed by atoms with Crippen LogP contribution in [0.25, 0.3) is 0 Å². The number of aliphatic hydroxyl groups excluding tert-OH is 2. The maximum atomic E-state index is 12.0. The number of aliphatic hydroxyl groups is 2. The van der Waals surface area contributed by atoms with Gasteiger partial charge < -0.3 is 19.7 Å². The van der Waals surface area contributed by atoms with E-state index in [0.29, 0.717) is 24.2 Å². The van der Waals surface area contributed by atoms with Gasteiger partial charge in [0.25, 0.3) is 0 Å². The molecule has 3 aliphatic rings. The highest BCUT2D eigenvalue weighted by Crippen LogP contribution is 2.56. The summed E-state index contributed by atoms with van der Waals surface area (Å²) in [5, 5.41) is 20.9. The number of cyclic esters (lactones) is 1. The van der Waals surface area contributed by atoms with Crippen LogP contribution in [0.1, 0.15) is 47.0 Å². The van der Waals surface area contributed by atoms with Crippen LogP contribution in [0.5, 0.6) is 0 Å². The monoisotopic (exact) mass is 310 g/mol. The normalized spacial score (nSPS) is 43.6. The van der Waals surface area contributed by atoms with E-state index in [1.165, 1.54) is 0 Å². The Balaban J connectivity index is 2.07. The number of hydrogen-bond donors (Lipinski definition) is 2. The molecular weight excluding hydrogens is 284 g/mol. The van der Waals surface area contributed by atoms with Gasteiger partial charge in [0, 0.05) is 24.2 Å². The second-order valence-electron chi connectivity index (χ2n) is 7.90. The molecule has 2 N–H and O–H groups in total. The second kappa shape index (κ2) is 5.05. The summed E-state index contributed by atoms with van der Waals surface area (Å²) >= 11 is 0. The van der Waals surface area contributed by atoms with Crippen LogP contribution in [0.4, 0.5) is 0 Å². The summed E-state index contributed by atoms with van der Waals surface area (Å²) in [6, 6.07) is 0. The summed E-state index contributed by atoms with van der Waals surface area (Å²) in [4.78, 5) is 12.0. The maximum absolute atomic E-state index is 12.0. The van der Waals surface area contributed by atoms with Crippen LogP contribution in [0, 0.1) is 17.3 Å². The molecule has 0 amide bonds. The van der Waals surface area contributed by atoms with Crippen molar-refractivity contribution >= 4 is 5.97 Å². The smallest absolute Gasteiger partial charge is 0.336 e. The molecule has 5 unspecified atom stereocenters. The Bertz CT molecular complexity index is 523. The summed E-state index contributed by atoms with van der Waals surface area (Å²) in [7, 11) is 0. The third-order valence-electron chi connectivity index (χ3n) is 5.67. The van der Waals surface area contributed by atoms with Gasteiger partial charge in [-0.25, -0.2) is 4.79 Å². The molecule has 0 radical (unpaired) electrons. The molecule has 0 aromatic rings. The lowest BCUT2D eigenvalue weighted by Crippen LogP contribution is -2.42. The Kier molecular flexibility index (Phi) is 3.66. The molecule has 0 bridgehead atoms. The van der Waals surface area contributed by atoms with Crippen LogP contribution in [-0.2, 0) is 14.3 Å². The van der Waals surface area contributed by atoms with E-state index in [-0.39, 0.29) is 17.3 Å². The fourth-order valence-electron chi connectivity index (χ4n) is 4.81. The van der Waals surface area contributed by atoms with Crippen LogP contribution >= 0.6 is 0 Å². The Morgan fingerprint density at radius 1 is 1.27 bits per heavy atom. The van der Waals surface area contributed by atoms with Crippen molar-refractivity contribution in [3.63, 3.8) is 0 Å². The van der Waals surface area contributed by atoms with Crippen molar-refractivity contribution in [2.24, 2.45) is 17.3 Å². The molecule has 3 rings (SSSR count). The van der Waals surface area contributed by atoms with E-state index < -0.39 is 24.0 Å². The molecule has 0 aromatic carbocycles. The molecule has 5 heteroatoms. The van der Waals surface area contributed by atoms with Gasteiger partial charge in [-0.15, -0.1) is 0 Å². The number of esters is 1. The first-order valence-corrected chi connectivity index (χ1v) is 8.12. The minimum atomic E-state index is -1.31. The van der Waals surface area contributed by atoms with Gasteiger partial charge in [-0.2, -0.15) is 0 Å². The second-order valence-corrected chi connectivity index (χ2v) is 7.90. The van der Waals surface area contributed by atoms with E-state index in [4.69, 9.17) is 9.47 Å². The van der Waals surface area contributed by atoms with Gasteiger partial charge in [-0.3, -0.25) is 0 Å². The SMILES string of the molecule is CCOC1(C)CC2=C(C(O)OC2=O)C(O)C2CC(C)(C)CC21. The van der Waals surface area contributed by atoms with Crippen LogP contribution in [-0.4, -0.2) is 40.8 Å². The lowest BCUT2D eigenvalue weighted by Gasteiger charge is -2.38. The lowest BCUT2D eigenvalue weighted by atomic mass is 9.77. The third kappa shape index (κ3) is 2.30. The number of rotatable bonds is 2. The van der Waals surface area contributed by atoms with Crippen molar-refractivity contribution in [3.8, 4) is 0 Å². The zero-order valence-corrected chi connectivity index (χ0v) is 13.8. The Hall–Kier alpha value is -0.910. The van der Waals surface area contributed by atoms with E-state index in [9.17, 15) is 15.0 Å². The Morgan fingerprint density at radius 3 is 2.59 bits per heavy atom. The summed E-state index contributed by atoms with van der Waals surface area (Å²) in [5.41, 5.74) is 0.361. The molecule has 1 saturated carbocycles. The van der Waals surface area contributed by atoms with Gasteiger partial charge in [0.05, 0.1) is 11.7 Å². The number of fused-ring (bicyclic) bond motifs is 1. The minimum absolute atomic E-state index is 0.0248. The fourth-order valence-corrected chi connectivity index (χ4v) is 4.81. The molecule has 5 nitrogen and oxygen atoms in total. The predicted octanol–water partition coefficient (Wildman–Crippen LogP) is 1.77. The maximum Gasteiger partial charge on any atom is 0.336 e. The van der Waals surface area contributed by atoms with Crippen LogP contribution < -0.4 is 0 Å². The predicted molar refractivity (Wildman–Crippen MR) is 79.8 cm³/mol. The van der Waals surface area contributed by atoms with E-state index in [1.807, 2.05) is 13.8 Å². The first-order valence-electron chi connectivity index (χ1n) is 8.12. The van der Waals surface area contributed by atoms with Crippen LogP contribution in [0.3, 0.4) is 0 Å². The molecule has 0 saturated heterocycles. The van der Waals surface area contributed by atoms with E-state index in [0.717, 1.165) is 12.8 Å². The highest BCUT2D eigenvalue weighted by molar-refractivity contribution is 5.92. The van der Waals surface area contributed by atoms with Crippen molar-refractivity contribution in [2.75, 3.05) is 6.61 Å². The summed E-state index contributed by atoms with van der Waals surface area (Å²) in [5.74, 6) is -0.391. The average molecular weight is 310 g/mol. The van der Waals surface area contributed by atoms with Gasteiger partial charge in [0.15, 0.2) is 0 Å². The first kappa shape index (κ1) is 16.0. The molecule has 5 atom stereocenters. The molecule has 2 aliphatic carbocycles. The summed E-state index contributed by atoms with van der Waals surface area (Å²) in [6.45, 7) is 8.91. The Morgan fingerprint density at radius 2 is 1.95 bits per heavy atom. The van der Waals surface area contributed by atoms with Gasteiger partial charge in [-0.05, 0) is 43.9 Å². The zero-order chi connectivity index (χ0) is 16.3. The number of carbonyl (C=O) groups is 1. The number of hydrogen-bond acceptors (Lipinski definition) is 5. The molecule has 0 spiro atoms. The molecule has 1 aliphatic heterocycles. The van der Waals surface area contributed by atoms with E-state index in [1.54, 1.807) is 0 Å². The quantitative estimate of drug-likeness (QED) is 0.760. The van der Waals surface area contributed by atoms with Crippen molar-refractivity contribution in [2.45, 2.75) is 65.0 Å². The highest BCUT2D eigenvalue weighted by atomic mass is 16.6. The minimum Gasteiger partial charge on any atom is -0.428 e. The van der Waals surface area contributed by atoms with Gasteiger partial charge in [0.2, 0.25) is 6.29 Å². The Labute approximate surface area is 131 Å². The standard InChI is InChI=1S/C17H26O5/c1-5-21-17(4)7-10-12(15(20)22-14(10)19)13(18)9-6-16(2,3)8-11(9)17/h9,11,13,15,18,20H,5-8H2,1-4H3. The first-order chi connectivity index (χ1) is 10.2. The van der Waals surface area contributed by atoms with E-state index in [2.05, 4.69) is 13.8 Å². The third-order valence-corrected chi connectivity index (χ3v) is 5.67. The molecule has 1 fully saturated rings. The van der Waals surface area contributed by atoms with Crippen molar-refractivity contribution in [3.05, 3.63) is 11.1 Å². The topological polar surface area (TPSA) is 76.0 Å². The van der Waals surface area contributed by atoms with E-state index >= 15 is 0 Å². The molecular formula is C17H26O5. The largest absolute Gasteiger partial charge is 0.428 e. The van der Waals surface area contributed by atoms with Crippen molar-refractivity contribution < 1.29 is 24.5 Å². The number of carbonyl (C=O) groups excluding carboxylic acids is 1. The van der Waals surface area contributed by atoms with Crippen LogP contribution in [0.2, 0.25) is 0 Å². The van der Waals surface area contributed by atoms with Gasteiger partial charge in [0.1, 0.15) is 0 Å². The van der Waals surface area contributed by atoms with Gasteiger partial charge in [-0.1, -0.05) is 13.8 Å². The van der Waals surface area contributed by atoms with Crippen molar-refractivity contribution in [1.82, 2.24) is 0 Å².